The van der Waals surface area contributed by atoms with Crippen LogP contribution < -0.4 is 5.56 Å². The molecule has 0 fully saturated rings. The van der Waals surface area contributed by atoms with Gasteiger partial charge in [-0.3, -0.25) is 9.36 Å². The fourth-order valence-electron chi connectivity index (χ4n) is 2.64. The van der Waals surface area contributed by atoms with E-state index in [1.807, 2.05) is 0 Å². The molecule has 0 aliphatic carbocycles. The average molecular weight is 338 g/mol. The Morgan fingerprint density at radius 3 is 2.52 bits per heavy atom. The Kier molecular flexibility index (Phi) is 3.61. The summed E-state index contributed by atoms with van der Waals surface area (Å²) in [4.78, 5) is 16.9. The molecule has 0 radical (unpaired) electrons. The summed E-state index contributed by atoms with van der Waals surface area (Å²) in [5.74, 6) is -0.739. The predicted molar refractivity (Wildman–Crippen MR) is 88.6 cm³/mol. The van der Waals surface area contributed by atoms with Crippen molar-refractivity contribution in [2.75, 3.05) is 0 Å². The van der Waals surface area contributed by atoms with Gasteiger partial charge in [0.05, 0.1) is 18.4 Å². The third-order valence-electron chi connectivity index (χ3n) is 3.92. The Hall–Kier alpha value is -3.35. The summed E-state index contributed by atoms with van der Waals surface area (Å²) in [6.45, 7) is 0.0795. The highest BCUT2D eigenvalue weighted by Gasteiger charge is 2.12. The van der Waals surface area contributed by atoms with Gasteiger partial charge in [0, 0.05) is 5.56 Å². The van der Waals surface area contributed by atoms with Crippen LogP contribution in [0.1, 0.15) is 5.56 Å². The van der Waals surface area contributed by atoms with Crippen LogP contribution in [0.5, 0.6) is 0 Å². The summed E-state index contributed by atoms with van der Waals surface area (Å²) < 4.78 is 29.7. The first-order chi connectivity index (χ1) is 12.1. The monoisotopic (exact) mass is 338 g/mol. The Morgan fingerprint density at radius 1 is 1.00 bits per heavy atom. The minimum atomic E-state index is -0.378. The van der Waals surface area contributed by atoms with Gasteiger partial charge in [0.25, 0.3) is 5.56 Å². The van der Waals surface area contributed by atoms with Crippen LogP contribution in [-0.2, 0) is 6.54 Å². The van der Waals surface area contributed by atoms with Crippen molar-refractivity contribution in [1.82, 2.24) is 19.3 Å². The zero-order valence-corrected chi connectivity index (χ0v) is 12.9. The molecular formula is C18H12F2N4O. The van der Waals surface area contributed by atoms with Gasteiger partial charge in [-0.05, 0) is 30.3 Å². The Bertz CT molecular complexity index is 1120. The van der Waals surface area contributed by atoms with Crippen LogP contribution in [0, 0.1) is 11.6 Å². The van der Waals surface area contributed by atoms with Crippen LogP contribution in [0.4, 0.5) is 8.78 Å². The summed E-state index contributed by atoms with van der Waals surface area (Å²) in [6.07, 6.45) is 2.77. The van der Waals surface area contributed by atoms with Gasteiger partial charge in [-0.2, -0.15) is 5.10 Å². The lowest BCUT2D eigenvalue weighted by atomic mass is 10.2. The number of hydrogen-bond acceptors (Lipinski definition) is 3. The third kappa shape index (κ3) is 2.69. The largest absolute Gasteiger partial charge is 0.294 e. The van der Waals surface area contributed by atoms with Crippen molar-refractivity contribution < 1.29 is 8.78 Å². The first kappa shape index (κ1) is 15.2. The molecular weight excluding hydrogens is 326 g/mol. The van der Waals surface area contributed by atoms with E-state index < -0.39 is 0 Å². The number of rotatable bonds is 3. The molecule has 5 nitrogen and oxygen atoms in total. The lowest BCUT2D eigenvalue weighted by Crippen LogP contribution is -2.21. The molecule has 124 valence electrons. The fraction of sp³-hybridized carbons (Fsp3) is 0.0556. The number of fused-ring (bicyclic) bond motifs is 1. The van der Waals surface area contributed by atoms with Crippen molar-refractivity contribution in [1.29, 1.82) is 0 Å². The van der Waals surface area contributed by atoms with E-state index in [0.717, 1.165) is 0 Å². The minimum absolute atomic E-state index is 0.0795. The van der Waals surface area contributed by atoms with Crippen molar-refractivity contribution in [3.05, 3.63) is 88.6 Å². The molecule has 0 aliphatic heterocycles. The molecule has 4 aromatic rings. The Morgan fingerprint density at radius 2 is 1.76 bits per heavy atom. The Balaban J connectivity index is 1.78. The van der Waals surface area contributed by atoms with Gasteiger partial charge in [0.15, 0.2) is 5.65 Å². The molecule has 7 heteroatoms. The molecule has 0 N–H and O–H groups in total. The summed E-state index contributed by atoms with van der Waals surface area (Å²) in [5, 5.41) is 4.47. The number of nitrogens with zero attached hydrogens (tertiary/aromatic N) is 4. The van der Waals surface area contributed by atoms with Gasteiger partial charge in [-0.1, -0.05) is 18.2 Å². The highest BCUT2D eigenvalue weighted by atomic mass is 19.1. The van der Waals surface area contributed by atoms with Gasteiger partial charge >= 0.3 is 0 Å². The van der Waals surface area contributed by atoms with E-state index >= 15 is 0 Å². The van der Waals surface area contributed by atoms with Crippen molar-refractivity contribution in [2.24, 2.45) is 0 Å². The molecule has 2 aromatic carbocycles. The number of benzene rings is 2. The summed E-state index contributed by atoms with van der Waals surface area (Å²) in [7, 11) is 0. The lowest BCUT2D eigenvalue weighted by molar-refractivity contribution is 0.595. The van der Waals surface area contributed by atoms with E-state index in [9.17, 15) is 13.6 Å². The second-order valence-corrected chi connectivity index (χ2v) is 5.54. The van der Waals surface area contributed by atoms with E-state index in [2.05, 4.69) is 10.1 Å². The van der Waals surface area contributed by atoms with E-state index in [0.29, 0.717) is 22.3 Å². The predicted octanol–water partition coefficient (Wildman–Crippen LogP) is 2.91. The summed E-state index contributed by atoms with van der Waals surface area (Å²) >= 11 is 0. The number of aromatic nitrogens is 4. The molecule has 25 heavy (non-hydrogen) atoms. The zero-order valence-electron chi connectivity index (χ0n) is 12.9. The van der Waals surface area contributed by atoms with Crippen LogP contribution in [-0.4, -0.2) is 19.3 Å². The van der Waals surface area contributed by atoms with Gasteiger partial charge in [0.1, 0.15) is 23.3 Å². The molecule has 0 spiro atoms. The Labute approximate surface area is 140 Å². The smallest absolute Gasteiger partial charge is 0.264 e. The maximum Gasteiger partial charge on any atom is 0.264 e. The first-order valence-electron chi connectivity index (χ1n) is 7.56. The van der Waals surface area contributed by atoms with Crippen molar-refractivity contribution in [3.8, 4) is 5.69 Å². The minimum Gasteiger partial charge on any atom is -0.294 e. The van der Waals surface area contributed by atoms with Crippen molar-refractivity contribution in [2.45, 2.75) is 6.54 Å². The fourth-order valence-corrected chi connectivity index (χ4v) is 2.64. The summed E-state index contributed by atoms with van der Waals surface area (Å²) in [6, 6.07) is 12.0. The highest BCUT2D eigenvalue weighted by Crippen LogP contribution is 2.14. The molecule has 0 saturated carbocycles. The van der Waals surface area contributed by atoms with Crippen molar-refractivity contribution >= 4 is 11.0 Å². The molecule has 4 rings (SSSR count). The molecule has 0 atom stereocenters. The quantitative estimate of drug-likeness (QED) is 0.577. The van der Waals surface area contributed by atoms with E-state index in [1.165, 1.54) is 40.0 Å². The van der Waals surface area contributed by atoms with Crippen LogP contribution in [0.3, 0.4) is 0 Å². The van der Waals surface area contributed by atoms with Crippen LogP contribution in [0.15, 0.2) is 65.8 Å². The SMILES string of the molecule is O=c1c2cnn(-c3ccc(F)cc3)c2ncn1Cc1ccccc1F. The molecule has 0 unspecified atom stereocenters. The number of halogens is 2. The van der Waals surface area contributed by atoms with Crippen molar-refractivity contribution in [3.63, 3.8) is 0 Å². The molecule has 0 bridgehead atoms. The molecule has 0 aliphatic rings. The van der Waals surface area contributed by atoms with E-state index in [-0.39, 0.29) is 23.7 Å². The van der Waals surface area contributed by atoms with Gasteiger partial charge in [-0.15, -0.1) is 0 Å². The van der Waals surface area contributed by atoms with Gasteiger partial charge < -0.3 is 0 Å². The standard InChI is InChI=1S/C18H12F2N4O/c19-13-5-7-14(8-6-13)24-17-15(9-22-24)18(25)23(11-21-17)10-12-3-1-2-4-16(12)20/h1-9,11H,10H2. The van der Waals surface area contributed by atoms with Crippen LogP contribution >= 0.6 is 0 Å². The average Bonchev–Trinajstić information content (AvgIpc) is 3.05. The molecule has 2 heterocycles. The maximum atomic E-state index is 13.8. The molecule has 0 amide bonds. The molecule has 2 aromatic heterocycles. The number of hydrogen-bond donors (Lipinski definition) is 0. The van der Waals surface area contributed by atoms with E-state index in [4.69, 9.17) is 0 Å². The van der Waals surface area contributed by atoms with Crippen LogP contribution in [0.2, 0.25) is 0 Å². The molecule has 0 saturated heterocycles. The van der Waals surface area contributed by atoms with Gasteiger partial charge in [0.2, 0.25) is 0 Å². The van der Waals surface area contributed by atoms with Crippen LogP contribution in [0.25, 0.3) is 16.7 Å². The third-order valence-corrected chi connectivity index (χ3v) is 3.92. The second-order valence-electron chi connectivity index (χ2n) is 5.54. The summed E-state index contributed by atoms with van der Waals surface area (Å²) in [5.41, 5.74) is 1.04. The first-order valence-corrected chi connectivity index (χ1v) is 7.56. The normalized spacial score (nSPS) is 11.1. The highest BCUT2D eigenvalue weighted by molar-refractivity contribution is 5.74. The van der Waals surface area contributed by atoms with Gasteiger partial charge in [-0.25, -0.2) is 18.4 Å². The second kappa shape index (κ2) is 5.94. The van der Waals surface area contributed by atoms with E-state index in [1.54, 1.807) is 30.3 Å². The topological polar surface area (TPSA) is 52.7 Å². The maximum absolute atomic E-state index is 13.8. The zero-order chi connectivity index (χ0) is 17.4. The lowest BCUT2D eigenvalue weighted by Gasteiger charge is -2.07.